The molecule has 90 valence electrons. The minimum Gasteiger partial charge on any atom is -0.508 e. The van der Waals surface area contributed by atoms with Crippen molar-refractivity contribution in [1.29, 1.82) is 0 Å². The summed E-state index contributed by atoms with van der Waals surface area (Å²) in [5, 5.41) is 17.2. The number of H-pyrrole nitrogens is 1. The number of nitrogens with one attached hydrogen (secondary N) is 1. The lowest BCUT2D eigenvalue weighted by Gasteiger charge is -2.06. The van der Waals surface area contributed by atoms with Crippen LogP contribution < -0.4 is 5.73 Å². The van der Waals surface area contributed by atoms with Crippen LogP contribution in [0.2, 0.25) is 0 Å². The zero-order valence-electron chi connectivity index (χ0n) is 9.81. The second-order valence-electron chi connectivity index (χ2n) is 4.22. The first kappa shape index (κ1) is 10.6. The van der Waals surface area contributed by atoms with E-state index >= 15 is 0 Å². The monoisotopic (exact) mass is 240 g/mol. The number of nitrogen functional groups attached to an aromatic ring is 1. The van der Waals surface area contributed by atoms with Crippen LogP contribution in [0.15, 0.2) is 30.6 Å². The fourth-order valence-corrected chi connectivity index (χ4v) is 2.04. The van der Waals surface area contributed by atoms with E-state index in [2.05, 4.69) is 15.2 Å². The summed E-state index contributed by atoms with van der Waals surface area (Å²) in [6.45, 7) is 1.85. The molecule has 0 unspecified atom stereocenters. The Morgan fingerprint density at radius 1 is 1.28 bits per heavy atom. The number of aryl methyl sites for hydroxylation is 1. The molecule has 0 radical (unpaired) electrons. The Kier molecular flexibility index (Phi) is 2.19. The lowest BCUT2D eigenvalue weighted by atomic mass is 10.0. The number of pyridine rings is 1. The molecule has 2 heterocycles. The van der Waals surface area contributed by atoms with Gasteiger partial charge in [0.2, 0.25) is 0 Å². The number of hydrogen-bond donors (Lipinski definition) is 3. The summed E-state index contributed by atoms with van der Waals surface area (Å²) in [5.41, 5.74) is 9.34. The zero-order valence-corrected chi connectivity index (χ0v) is 9.81. The topological polar surface area (TPSA) is 87.8 Å². The Labute approximate surface area is 103 Å². The van der Waals surface area contributed by atoms with Crippen molar-refractivity contribution in [2.45, 2.75) is 6.92 Å². The molecule has 0 aliphatic rings. The largest absolute Gasteiger partial charge is 0.508 e. The number of aromatic amines is 1. The zero-order chi connectivity index (χ0) is 12.7. The van der Waals surface area contributed by atoms with Gasteiger partial charge in [-0.25, -0.2) is 0 Å². The molecule has 0 aliphatic carbocycles. The van der Waals surface area contributed by atoms with E-state index in [0.29, 0.717) is 5.82 Å². The quantitative estimate of drug-likeness (QED) is 0.608. The van der Waals surface area contributed by atoms with Gasteiger partial charge in [-0.1, -0.05) is 6.07 Å². The van der Waals surface area contributed by atoms with Crippen molar-refractivity contribution in [2.75, 3.05) is 5.73 Å². The first-order valence-electron chi connectivity index (χ1n) is 5.54. The molecule has 0 aliphatic heterocycles. The van der Waals surface area contributed by atoms with Gasteiger partial charge in [0.05, 0.1) is 17.1 Å². The second-order valence-corrected chi connectivity index (χ2v) is 4.22. The van der Waals surface area contributed by atoms with Crippen LogP contribution in [-0.4, -0.2) is 20.3 Å². The predicted octanol–water partition coefficient (Wildman–Crippen LogP) is 2.22. The highest BCUT2D eigenvalue weighted by Gasteiger charge is 2.10. The van der Waals surface area contributed by atoms with Crippen LogP contribution in [0.5, 0.6) is 5.75 Å². The molecular formula is C13H12N4O. The molecule has 5 heteroatoms. The van der Waals surface area contributed by atoms with E-state index in [-0.39, 0.29) is 5.75 Å². The fraction of sp³-hybridized carbons (Fsp3) is 0.0769. The van der Waals surface area contributed by atoms with Gasteiger partial charge in [-0.2, -0.15) is 5.10 Å². The van der Waals surface area contributed by atoms with E-state index in [1.807, 2.05) is 19.1 Å². The number of hydrogen-bond acceptors (Lipinski definition) is 4. The Bertz CT molecular complexity index is 733. The lowest BCUT2D eigenvalue weighted by molar-refractivity contribution is 0.471. The van der Waals surface area contributed by atoms with Gasteiger partial charge in [-0.15, -0.1) is 0 Å². The van der Waals surface area contributed by atoms with Crippen LogP contribution in [0.25, 0.3) is 22.0 Å². The molecule has 0 saturated heterocycles. The lowest BCUT2D eigenvalue weighted by Crippen LogP contribution is -1.88. The second kappa shape index (κ2) is 3.73. The molecule has 3 aromatic rings. The van der Waals surface area contributed by atoms with Gasteiger partial charge < -0.3 is 10.8 Å². The van der Waals surface area contributed by atoms with Gasteiger partial charge >= 0.3 is 0 Å². The van der Waals surface area contributed by atoms with Gasteiger partial charge in [0.25, 0.3) is 0 Å². The molecule has 5 nitrogen and oxygen atoms in total. The van der Waals surface area contributed by atoms with Crippen LogP contribution in [0, 0.1) is 6.92 Å². The fourth-order valence-electron chi connectivity index (χ4n) is 2.04. The molecule has 0 spiro atoms. The maximum absolute atomic E-state index is 9.56. The molecule has 0 amide bonds. The van der Waals surface area contributed by atoms with E-state index < -0.39 is 0 Å². The third-order valence-corrected chi connectivity index (χ3v) is 3.01. The van der Waals surface area contributed by atoms with Crippen LogP contribution in [0.4, 0.5) is 5.82 Å². The van der Waals surface area contributed by atoms with Crippen molar-refractivity contribution in [2.24, 2.45) is 0 Å². The standard InChI is InChI=1S/C13H12N4O/c1-7-4-8(2-3-11(7)18)9-5-15-6-10-12(9)13(14)17-16-10/h2-6,18H,1H3,(H3,14,16,17). The van der Waals surface area contributed by atoms with Crippen molar-refractivity contribution in [1.82, 2.24) is 15.2 Å². The number of fused-ring (bicyclic) bond motifs is 1. The summed E-state index contributed by atoms with van der Waals surface area (Å²) in [4.78, 5) is 4.17. The highest BCUT2D eigenvalue weighted by Crippen LogP contribution is 2.32. The SMILES string of the molecule is Cc1cc(-c2cncc3[nH]nc(N)c23)ccc1O. The van der Waals surface area contributed by atoms with Crippen molar-refractivity contribution in [3.63, 3.8) is 0 Å². The highest BCUT2D eigenvalue weighted by molar-refractivity contribution is 6.00. The summed E-state index contributed by atoms with van der Waals surface area (Å²) in [7, 11) is 0. The van der Waals surface area contributed by atoms with Gasteiger partial charge in [-0.3, -0.25) is 10.1 Å². The van der Waals surface area contributed by atoms with Crippen LogP contribution in [0.1, 0.15) is 5.56 Å². The normalized spacial score (nSPS) is 10.9. The molecule has 2 aromatic heterocycles. The molecule has 4 N–H and O–H groups in total. The third kappa shape index (κ3) is 1.48. The Hall–Kier alpha value is -2.56. The molecule has 0 fully saturated rings. The molecule has 1 aromatic carbocycles. The molecule has 18 heavy (non-hydrogen) atoms. The summed E-state index contributed by atoms with van der Waals surface area (Å²) >= 11 is 0. The molecular weight excluding hydrogens is 228 g/mol. The molecule has 0 bridgehead atoms. The van der Waals surface area contributed by atoms with Gasteiger partial charge in [-0.05, 0) is 30.2 Å². The smallest absolute Gasteiger partial charge is 0.153 e. The van der Waals surface area contributed by atoms with Crippen molar-refractivity contribution < 1.29 is 5.11 Å². The first-order valence-corrected chi connectivity index (χ1v) is 5.54. The minimum atomic E-state index is 0.277. The van der Waals surface area contributed by atoms with Crippen molar-refractivity contribution in [3.05, 3.63) is 36.2 Å². The van der Waals surface area contributed by atoms with E-state index in [1.165, 1.54) is 0 Å². The number of nitrogens with two attached hydrogens (primary N) is 1. The average molecular weight is 240 g/mol. The highest BCUT2D eigenvalue weighted by atomic mass is 16.3. The molecule has 3 rings (SSSR count). The van der Waals surface area contributed by atoms with Gasteiger partial charge in [0.1, 0.15) is 5.75 Å². The average Bonchev–Trinajstić information content (AvgIpc) is 2.75. The first-order chi connectivity index (χ1) is 8.66. The molecule has 0 saturated carbocycles. The van der Waals surface area contributed by atoms with Crippen LogP contribution in [0.3, 0.4) is 0 Å². The number of phenols is 1. The van der Waals surface area contributed by atoms with Gasteiger partial charge in [0.15, 0.2) is 5.82 Å². The number of nitrogens with zero attached hydrogens (tertiary/aromatic N) is 2. The summed E-state index contributed by atoms with van der Waals surface area (Å²) in [6, 6.07) is 5.41. The Morgan fingerprint density at radius 3 is 2.89 bits per heavy atom. The number of aromatic hydroxyl groups is 1. The number of benzene rings is 1. The minimum absolute atomic E-state index is 0.277. The number of phenolic OH excluding ortho intramolecular Hbond substituents is 1. The maximum atomic E-state index is 9.56. The van der Waals surface area contributed by atoms with Crippen LogP contribution >= 0.6 is 0 Å². The predicted molar refractivity (Wildman–Crippen MR) is 70.1 cm³/mol. The number of anilines is 1. The third-order valence-electron chi connectivity index (χ3n) is 3.01. The van der Waals surface area contributed by atoms with Crippen molar-refractivity contribution >= 4 is 16.7 Å². The van der Waals surface area contributed by atoms with E-state index in [0.717, 1.165) is 27.6 Å². The molecule has 0 atom stereocenters. The van der Waals surface area contributed by atoms with E-state index in [1.54, 1.807) is 18.5 Å². The van der Waals surface area contributed by atoms with Crippen molar-refractivity contribution in [3.8, 4) is 16.9 Å². The van der Waals surface area contributed by atoms with Crippen LogP contribution in [-0.2, 0) is 0 Å². The summed E-state index contributed by atoms with van der Waals surface area (Å²) in [5.74, 6) is 0.729. The number of rotatable bonds is 1. The van der Waals surface area contributed by atoms with E-state index in [4.69, 9.17) is 5.73 Å². The Morgan fingerprint density at radius 2 is 2.11 bits per heavy atom. The maximum Gasteiger partial charge on any atom is 0.153 e. The van der Waals surface area contributed by atoms with Gasteiger partial charge in [0, 0.05) is 11.8 Å². The number of aromatic nitrogens is 3. The van der Waals surface area contributed by atoms with E-state index in [9.17, 15) is 5.11 Å². The summed E-state index contributed by atoms with van der Waals surface area (Å²) in [6.07, 6.45) is 3.44. The Balaban J connectivity index is 2.30. The summed E-state index contributed by atoms with van der Waals surface area (Å²) < 4.78 is 0.